The van der Waals surface area contributed by atoms with E-state index >= 15 is 0 Å². The van der Waals surface area contributed by atoms with Crippen LogP contribution >= 0.6 is 0 Å². The molecule has 1 amide bonds. The quantitative estimate of drug-likeness (QED) is 0.289. The van der Waals surface area contributed by atoms with E-state index in [1.165, 1.54) is 6.20 Å². The third kappa shape index (κ3) is 8.78. The largest absolute Gasteiger partial charge is 0.490 e. The van der Waals surface area contributed by atoms with E-state index in [9.17, 15) is 4.79 Å². The van der Waals surface area contributed by atoms with E-state index in [0.717, 1.165) is 23.5 Å². The number of nitriles is 1. The predicted molar refractivity (Wildman–Crippen MR) is 108 cm³/mol. The van der Waals surface area contributed by atoms with Gasteiger partial charge in [-0.05, 0) is 51.3 Å². The van der Waals surface area contributed by atoms with Crippen molar-refractivity contribution in [2.75, 3.05) is 39.5 Å². The van der Waals surface area contributed by atoms with Crippen LogP contribution in [0, 0.1) is 11.3 Å². The van der Waals surface area contributed by atoms with Crippen molar-refractivity contribution in [1.29, 1.82) is 5.26 Å². The fourth-order valence-corrected chi connectivity index (χ4v) is 2.41. The molecule has 154 valence electrons. The van der Waals surface area contributed by atoms with Gasteiger partial charge in [0, 0.05) is 32.5 Å². The number of amides is 1. The normalized spacial score (nSPS) is 10.9. The van der Waals surface area contributed by atoms with Crippen LogP contribution in [0.3, 0.4) is 0 Å². The van der Waals surface area contributed by atoms with Crippen molar-refractivity contribution in [3.05, 3.63) is 35.5 Å². The molecule has 2 N–H and O–H groups in total. The van der Waals surface area contributed by atoms with Crippen molar-refractivity contribution in [2.45, 2.75) is 33.6 Å². The Bertz CT molecular complexity index is 668. The number of nitrogens with zero attached hydrogens (tertiary/aromatic N) is 1. The number of ether oxygens (including phenoxy) is 3. The summed E-state index contributed by atoms with van der Waals surface area (Å²) >= 11 is 0. The van der Waals surface area contributed by atoms with Crippen molar-refractivity contribution >= 4 is 5.91 Å². The highest BCUT2D eigenvalue weighted by molar-refractivity contribution is 5.97. The molecule has 0 fully saturated rings. The fraction of sp³-hybridized carbons (Fsp3) is 0.524. The zero-order valence-electron chi connectivity index (χ0n) is 17.0. The minimum absolute atomic E-state index is 0.0538. The smallest absolute Gasteiger partial charge is 0.263 e. The first-order valence-electron chi connectivity index (χ1n) is 9.74. The Kier molecular flexibility index (Phi) is 12.0. The summed E-state index contributed by atoms with van der Waals surface area (Å²) in [6.45, 7) is 9.24. The summed E-state index contributed by atoms with van der Waals surface area (Å²) in [6.07, 6.45) is 2.89. The van der Waals surface area contributed by atoms with Gasteiger partial charge in [-0.25, -0.2) is 0 Å². The lowest BCUT2D eigenvalue weighted by Crippen LogP contribution is -2.27. The zero-order valence-corrected chi connectivity index (χ0v) is 17.0. The topological polar surface area (TPSA) is 92.6 Å². The third-order valence-electron chi connectivity index (χ3n) is 3.73. The van der Waals surface area contributed by atoms with Crippen molar-refractivity contribution in [3.8, 4) is 17.6 Å². The van der Waals surface area contributed by atoms with Crippen LogP contribution in [-0.2, 0) is 16.0 Å². The van der Waals surface area contributed by atoms with Crippen LogP contribution in [0.15, 0.2) is 30.0 Å². The van der Waals surface area contributed by atoms with Gasteiger partial charge in [0.05, 0.1) is 13.2 Å². The molecule has 0 radical (unpaired) electrons. The van der Waals surface area contributed by atoms with E-state index in [0.29, 0.717) is 45.9 Å². The number of carbonyl (C=O) groups excluding carboxylic acids is 1. The summed E-state index contributed by atoms with van der Waals surface area (Å²) in [4.78, 5) is 12.0. The maximum atomic E-state index is 12.0. The molecule has 1 aromatic carbocycles. The van der Waals surface area contributed by atoms with Gasteiger partial charge in [-0.15, -0.1) is 0 Å². The van der Waals surface area contributed by atoms with E-state index in [1.54, 1.807) is 0 Å². The van der Waals surface area contributed by atoms with E-state index in [1.807, 2.05) is 45.0 Å². The monoisotopic (exact) mass is 389 g/mol. The van der Waals surface area contributed by atoms with Crippen molar-refractivity contribution < 1.29 is 19.0 Å². The Hall–Kier alpha value is -2.72. The lowest BCUT2D eigenvalue weighted by Gasteiger charge is -2.12. The molecule has 1 rings (SSSR count). The van der Waals surface area contributed by atoms with E-state index in [-0.39, 0.29) is 11.5 Å². The van der Waals surface area contributed by atoms with Crippen LogP contribution in [0.25, 0.3) is 0 Å². The van der Waals surface area contributed by atoms with Crippen LogP contribution in [0.5, 0.6) is 11.5 Å². The molecule has 0 unspecified atom stereocenters. The molecule has 28 heavy (non-hydrogen) atoms. The molecular formula is C21H31N3O4. The van der Waals surface area contributed by atoms with Crippen molar-refractivity contribution in [3.63, 3.8) is 0 Å². The summed E-state index contributed by atoms with van der Waals surface area (Å²) in [5.74, 6) is 1.07. The first kappa shape index (κ1) is 23.3. The summed E-state index contributed by atoms with van der Waals surface area (Å²) in [6, 6.07) is 7.75. The highest BCUT2D eigenvalue weighted by Gasteiger charge is 2.08. The highest BCUT2D eigenvalue weighted by Crippen LogP contribution is 2.28. The Morgan fingerprint density at radius 1 is 1.11 bits per heavy atom. The van der Waals surface area contributed by atoms with Crippen LogP contribution in [0.4, 0.5) is 0 Å². The van der Waals surface area contributed by atoms with Gasteiger partial charge in [0.2, 0.25) is 0 Å². The van der Waals surface area contributed by atoms with Crippen LogP contribution < -0.4 is 20.1 Å². The molecule has 0 atom stereocenters. The maximum Gasteiger partial charge on any atom is 0.263 e. The Labute approximate surface area is 167 Å². The standard InChI is InChI=1S/C21H31N3O4/c1-4-26-13-7-11-24-21(25)18(15-22)16-23-12-10-17-8-9-19(27-5-2)20(14-17)28-6-3/h8-9,14,16,23H,4-7,10-13H2,1-3H3,(H,24,25)/b18-16-. The number of carbonyl (C=O) groups is 1. The number of rotatable bonds is 14. The lowest BCUT2D eigenvalue weighted by atomic mass is 10.1. The number of nitrogens with one attached hydrogen (secondary N) is 2. The summed E-state index contributed by atoms with van der Waals surface area (Å²) < 4.78 is 16.4. The number of hydrogen-bond donors (Lipinski definition) is 2. The highest BCUT2D eigenvalue weighted by atomic mass is 16.5. The summed E-state index contributed by atoms with van der Waals surface area (Å²) in [5, 5.41) is 14.9. The molecule has 0 bridgehead atoms. The summed E-state index contributed by atoms with van der Waals surface area (Å²) in [7, 11) is 0. The van der Waals surface area contributed by atoms with Gasteiger partial charge in [-0.3, -0.25) is 4.79 Å². The van der Waals surface area contributed by atoms with Gasteiger partial charge in [-0.1, -0.05) is 6.07 Å². The molecule has 0 spiro atoms. The second-order valence-corrected chi connectivity index (χ2v) is 5.83. The fourth-order valence-electron chi connectivity index (χ4n) is 2.41. The molecule has 7 nitrogen and oxygen atoms in total. The van der Waals surface area contributed by atoms with Gasteiger partial charge in [0.25, 0.3) is 5.91 Å². The van der Waals surface area contributed by atoms with Crippen LogP contribution in [0.1, 0.15) is 32.8 Å². The van der Waals surface area contributed by atoms with E-state index in [2.05, 4.69) is 10.6 Å². The number of benzene rings is 1. The molecule has 0 heterocycles. The lowest BCUT2D eigenvalue weighted by molar-refractivity contribution is -0.117. The minimum Gasteiger partial charge on any atom is -0.490 e. The second-order valence-electron chi connectivity index (χ2n) is 5.83. The third-order valence-corrected chi connectivity index (χ3v) is 3.73. The van der Waals surface area contributed by atoms with Crippen LogP contribution in [-0.4, -0.2) is 45.4 Å². The molecular weight excluding hydrogens is 358 g/mol. The van der Waals surface area contributed by atoms with Crippen molar-refractivity contribution in [2.24, 2.45) is 0 Å². The van der Waals surface area contributed by atoms with E-state index < -0.39 is 0 Å². The molecule has 0 aliphatic rings. The van der Waals surface area contributed by atoms with Gasteiger partial charge < -0.3 is 24.8 Å². The molecule has 7 heteroatoms. The molecule has 0 saturated carbocycles. The molecule has 0 aliphatic heterocycles. The minimum atomic E-state index is -0.383. The average molecular weight is 389 g/mol. The Morgan fingerprint density at radius 3 is 2.54 bits per heavy atom. The van der Waals surface area contributed by atoms with Gasteiger partial charge >= 0.3 is 0 Å². The van der Waals surface area contributed by atoms with Crippen LogP contribution in [0.2, 0.25) is 0 Å². The molecule has 0 saturated heterocycles. The van der Waals surface area contributed by atoms with Gasteiger partial charge in [0.1, 0.15) is 11.6 Å². The molecule has 1 aromatic rings. The summed E-state index contributed by atoms with van der Waals surface area (Å²) in [5.41, 5.74) is 1.13. The Morgan fingerprint density at radius 2 is 1.86 bits per heavy atom. The van der Waals surface area contributed by atoms with Crippen molar-refractivity contribution in [1.82, 2.24) is 10.6 Å². The van der Waals surface area contributed by atoms with Gasteiger partial charge in [-0.2, -0.15) is 5.26 Å². The SMILES string of the molecule is CCOCCCNC(=O)/C(C#N)=C\NCCc1ccc(OCC)c(OCC)c1. The Balaban J connectivity index is 2.49. The second kappa shape index (κ2) is 14.4. The first-order valence-corrected chi connectivity index (χ1v) is 9.74. The van der Waals surface area contributed by atoms with E-state index in [4.69, 9.17) is 19.5 Å². The predicted octanol–water partition coefficient (Wildman–Crippen LogP) is 2.57. The molecule has 0 aromatic heterocycles. The van der Waals surface area contributed by atoms with Gasteiger partial charge in [0.15, 0.2) is 11.5 Å². The average Bonchev–Trinajstić information content (AvgIpc) is 2.70. The number of hydrogen-bond acceptors (Lipinski definition) is 6. The maximum absolute atomic E-state index is 12.0. The zero-order chi connectivity index (χ0) is 20.6. The first-order chi connectivity index (χ1) is 13.7. The molecule has 0 aliphatic carbocycles.